The molecule has 134 valence electrons. The fraction of sp³-hybridized carbons (Fsp3) is 0.522. The van der Waals surface area contributed by atoms with Crippen LogP contribution in [-0.2, 0) is 5.41 Å². The van der Waals surface area contributed by atoms with Gasteiger partial charge in [0.15, 0.2) is 4.96 Å². The zero-order valence-corrected chi connectivity index (χ0v) is 16.5. The van der Waals surface area contributed by atoms with Crippen molar-refractivity contribution in [2.75, 3.05) is 0 Å². The predicted molar refractivity (Wildman–Crippen MR) is 108 cm³/mol. The molecule has 4 aliphatic carbocycles. The lowest BCUT2D eigenvalue weighted by molar-refractivity contribution is -0.00696. The third-order valence-corrected chi connectivity index (χ3v) is 8.30. The average molecular weight is 363 g/mol. The van der Waals surface area contributed by atoms with E-state index in [-0.39, 0.29) is 0 Å². The summed E-state index contributed by atoms with van der Waals surface area (Å²) >= 11 is 1.80. The Morgan fingerprint density at radius 3 is 2.42 bits per heavy atom. The van der Waals surface area contributed by atoms with Gasteiger partial charge in [-0.25, -0.2) is 4.98 Å². The zero-order valence-electron chi connectivity index (χ0n) is 15.7. The molecule has 2 aromatic heterocycles. The zero-order chi connectivity index (χ0) is 17.5. The molecule has 0 atom stereocenters. The molecule has 1 aromatic carbocycles. The number of rotatable bonds is 2. The molecule has 7 rings (SSSR count). The van der Waals surface area contributed by atoms with E-state index in [0.717, 1.165) is 17.8 Å². The lowest BCUT2D eigenvalue weighted by Crippen LogP contribution is -2.48. The van der Waals surface area contributed by atoms with Crippen LogP contribution in [0.5, 0.6) is 0 Å². The van der Waals surface area contributed by atoms with Gasteiger partial charge in [0, 0.05) is 22.6 Å². The first-order valence-electron chi connectivity index (χ1n) is 10.1. The summed E-state index contributed by atoms with van der Waals surface area (Å²) in [6.07, 6.45) is 11.1. The summed E-state index contributed by atoms with van der Waals surface area (Å²) in [5.74, 6) is 2.92. The summed E-state index contributed by atoms with van der Waals surface area (Å²) in [4.78, 5) is 6.36. The third-order valence-electron chi connectivity index (χ3n) is 7.46. The summed E-state index contributed by atoms with van der Waals surface area (Å²) in [6, 6.07) is 6.77. The van der Waals surface area contributed by atoms with Gasteiger partial charge < -0.3 is 0 Å². The Balaban J connectivity index is 1.47. The fourth-order valence-electron chi connectivity index (χ4n) is 6.67. The van der Waals surface area contributed by atoms with Crippen molar-refractivity contribution in [3.63, 3.8) is 0 Å². The maximum Gasteiger partial charge on any atom is 0.194 e. The van der Waals surface area contributed by atoms with Gasteiger partial charge in [0.25, 0.3) is 0 Å². The molecule has 4 fully saturated rings. The standard InChI is InChI=1S/C23H26N2S/c1-14-3-4-15(2)19(5-14)20-13-26-22-24-21(12-25(20)22)23-9-16-6-17(10-23)8-18(7-16)11-23/h3-5,12-13,16-18H,6-11H2,1-2H3. The second-order valence-electron chi connectivity index (χ2n) is 9.42. The fourth-order valence-corrected chi connectivity index (χ4v) is 7.54. The van der Waals surface area contributed by atoms with Crippen LogP contribution in [0.15, 0.2) is 29.8 Å². The number of aromatic nitrogens is 2. The highest BCUT2D eigenvalue weighted by molar-refractivity contribution is 7.15. The lowest BCUT2D eigenvalue weighted by Gasteiger charge is -2.56. The van der Waals surface area contributed by atoms with Gasteiger partial charge >= 0.3 is 0 Å². The lowest BCUT2D eigenvalue weighted by atomic mass is 9.49. The molecule has 3 heteroatoms. The minimum atomic E-state index is 0.388. The molecule has 0 radical (unpaired) electrons. The van der Waals surface area contributed by atoms with Crippen LogP contribution in [0, 0.1) is 31.6 Å². The Hall–Kier alpha value is -1.61. The monoisotopic (exact) mass is 362 g/mol. The number of thiazole rings is 1. The molecular formula is C23H26N2S. The van der Waals surface area contributed by atoms with Crippen LogP contribution in [0.25, 0.3) is 16.2 Å². The van der Waals surface area contributed by atoms with Gasteiger partial charge in [-0.1, -0.05) is 17.7 Å². The van der Waals surface area contributed by atoms with E-state index in [2.05, 4.69) is 48.0 Å². The Kier molecular flexibility index (Phi) is 3.10. The topological polar surface area (TPSA) is 17.3 Å². The minimum absolute atomic E-state index is 0.388. The van der Waals surface area contributed by atoms with Crippen LogP contribution in [0.1, 0.15) is 55.3 Å². The Bertz CT molecular complexity index is 973. The second-order valence-corrected chi connectivity index (χ2v) is 10.3. The van der Waals surface area contributed by atoms with Crippen molar-refractivity contribution in [2.24, 2.45) is 17.8 Å². The number of hydrogen-bond donors (Lipinski definition) is 0. The second kappa shape index (κ2) is 5.22. The van der Waals surface area contributed by atoms with Crippen molar-refractivity contribution in [1.82, 2.24) is 9.38 Å². The Morgan fingerprint density at radius 2 is 1.73 bits per heavy atom. The molecule has 4 bridgehead atoms. The number of aryl methyl sites for hydroxylation is 2. The molecule has 2 heterocycles. The number of benzene rings is 1. The predicted octanol–water partition coefficient (Wildman–Crippen LogP) is 6.15. The highest BCUT2D eigenvalue weighted by Crippen LogP contribution is 2.60. The maximum absolute atomic E-state index is 5.18. The first kappa shape index (κ1) is 15.4. The van der Waals surface area contributed by atoms with Crippen LogP contribution in [0.3, 0.4) is 0 Å². The van der Waals surface area contributed by atoms with Crippen molar-refractivity contribution in [1.29, 1.82) is 0 Å². The van der Waals surface area contributed by atoms with E-state index in [9.17, 15) is 0 Å². The van der Waals surface area contributed by atoms with E-state index in [1.165, 1.54) is 71.6 Å². The number of fused-ring (bicyclic) bond motifs is 1. The third kappa shape index (κ3) is 2.13. The maximum atomic E-state index is 5.18. The summed E-state index contributed by atoms with van der Waals surface area (Å²) in [5.41, 5.74) is 7.13. The SMILES string of the molecule is Cc1ccc(C)c(-c2csc3nc(C45CC6CC(CC(C6)C4)C5)cn23)c1. The highest BCUT2D eigenvalue weighted by atomic mass is 32.1. The Morgan fingerprint density at radius 1 is 1.04 bits per heavy atom. The van der Waals surface area contributed by atoms with Gasteiger partial charge in [-0.2, -0.15) is 0 Å². The number of hydrogen-bond acceptors (Lipinski definition) is 2. The Labute approximate surface area is 159 Å². The molecule has 26 heavy (non-hydrogen) atoms. The molecule has 0 unspecified atom stereocenters. The molecule has 4 aliphatic rings. The van der Waals surface area contributed by atoms with Crippen molar-refractivity contribution in [2.45, 2.75) is 57.8 Å². The number of nitrogens with zero attached hydrogens (tertiary/aromatic N) is 2. The molecule has 2 nitrogen and oxygen atoms in total. The molecule has 3 aromatic rings. The molecule has 0 N–H and O–H groups in total. The quantitative estimate of drug-likeness (QED) is 0.534. The van der Waals surface area contributed by atoms with Crippen molar-refractivity contribution in [3.05, 3.63) is 46.6 Å². The van der Waals surface area contributed by atoms with Crippen LogP contribution in [0.4, 0.5) is 0 Å². The van der Waals surface area contributed by atoms with Gasteiger partial charge in [-0.3, -0.25) is 4.40 Å². The summed E-state index contributed by atoms with van der Waals surface area (Å²) < 4.78 is 2.38. The van der Waals surface area contributed by atoms with E-state index in [0.29, 0.717) is 5.41 Å². The molecule has 0 saturated heterocycles. The molecular weight excluding hydrogens is 336 g/mol. The highest BCUT2D eigenvalue weighted by Gasteiger charge is 2.52. The van der Waals surface area contributed by atoms with E-state index < -0.39 is 0 Å². The van der Waals surface area contributed by atoms with Gasteiger partial charge in [-0.15, -0.1) is 11.3 Å². The first-order chi connectivity index (χ1) is 12.6. The summed E-state index contributed by atoms with van der Waals surface area (Å²) in [5, 5.41) is 2.29. The van der Waals surface area contributed by atoms with Crippen molar-refractivity contribution in [3.8, 4) is 11.3 Å². The normalized spacial score (nSPS) is 32.6. The van der Waals surface area contributed by atoms with E-state index in [4.69, 9.17) is 4.98 Å². The van der Waals surface area contributed by atoms with Crippen LogP contribution in [-0.4, -0.2) is 9.38 Å². The van der Waals surface area contributed by atoms with Crippen LogP contribution >= 0.6 is 11.3 Å². The van der Waals surface area contributed by atoms with E-state index >= 15 is 0 Å². The van der Waals surface area contributed by atoms with E-state index in [1.54, 1.807) is 11.3 Å². The number of imidazole rings is 1. The largest absolute Gasteiger partial charge is 0.290 e. The van der Waals surface area contributed by atoms with Crippen molar-refractivity contribution < 1.29 is 0 Å². The van der Waals surface area contributed by atoms with Gasteiger partial charge in [0.2, 0.25) is 0 Å². The smallest absolute Gasteiger partial charge is 0.194 e. The minimum Gasteiger partial charge on any atom is -0.290 e. The molecule has 4 saturated carbocycles. The molecule has 0 aliphatic heterocycles. The van der Waals surface area contributed by atoms with Gasteiger partial charge in [0.1, 0.15) is 0 Å². The first-order valence-corrected chi connectivity index (χ1v) is 11.0. The van der Waals surface area contributed by atoms with Gasteiger partial charge in [0.05, 0.1) is 11.4 Å². The summed E-state index contributed by atoms with van der Waals surface area (Å²) in [6.45, 7) is 4.40. The van der Waals surface area contributed by atoms with Gasteiger partial charge in [-0.05, 0) is 81.8 Å². The molecule has 0 spiro atoms. The summed E-state index contributed by atoms with van der Waals surface area (Å²) in [7, 11) is 0. The average Bonchev–Trinajstić information content (AvgIpc) is 3.17. The van der Waals surface area contributed by atoms with Crippen LogP contribution < -0.4 is 0 Å². The molecule has 0 amide bonds. The van der Waals surface area contributed by atoms with E-state index in [1.807, 2.05) is 0 Å². The van der Waals surface area contributed by atoms with Crippen LogP contribution in [0.2, 0.25) is 0 Å². The van der Waals surface area contributed by atoms with Crippen molar-refractivity contribution >= 4 is 16.3 Å².